The van der Waals surface area contributed by atoms with Crippen LogP contribution in [0.15, 0.2) is 12.2 Å². The monoisotopic (exact) mass is 196 g/mol. The fourth-order valence-electron chi connectivity index (χ4n) is 1.75. The summed E-state index contributed by atoms with van der Waals surface area (Å²) in [6.07, 6.45) is 4.43. The Hall–Kier alpha value is -0.630. The molecule has 1 rings (SSSR count). The van der Waals surface area contributed by atoms with Gasteiger partial charge in [-0.05, 0) is 39.5 Å². The van der Waals surface area contributed by atoms with Gasteiger partial charge in [0.25, 0.3) is 0 Å². The molecule has 1 heterocycles. The number of hydrogen-bond acceptors (Lipinski definition) is 2. The second-order valence-corrected chi connectivity index (χ2v) is 4.42. The van der Waals surface area contributed by atoms with Crippen molar-refractivity contribution in [2.45, 2.75) is 51.6 Å². The van der Waals surface area contributed by atoms with Crippen molar-refractivity contribution in [3.63, 3.8) is 0 Å². The number of allylic oxidation sites excluding steroid dienone is 1. The molecule has 14 heavy (non-hydrogen) atoms. The van der Waals surface area contributed by atoms with Gasteiger partial charge in [0.15, 0.2) is 5.78 Å². The molecule has 2 heteroatoms. The first-order valence-corrected chi connectivity index (χ1v) is 5.36. The van der Waals surface area contributed by atoms with Gasteiger partial charge in [0.1, 0.15) is 5.60 Å². The molecule has 2 nitrogen and oxygen atoms in total. The smallest absolute Gasteiger partial charge is 0.164 e. The quantitative estimate of drug-likeness (QED) is 0.646. The lowest BCUT2D eigenvalue weighted by Gasteiger charge is -2.32. The summed E-state index contributed by atoms with van der Waals surface area (Å²) >= 11 is 0. The highest BCUT2D eigenvalue weighted by molar-refractivity contribution is 5.87. The Bertz CT molecular complexity index is 224. The van der Waals surface area contributed by atoms with Gasteiger partial charge in [-0.3, -0.25) is 4.79 Å². The second-order valence-electron chi connectivity index (χ2n) is 4.42. The molecule has 1 aliphatic heterocycles. The Morgan fingerprint density at radius 1 is 1.43 bits per heavy atom. The molecule has 0 aromatic heterocycles. The van der Waals surface area contributed by atoms with E-state index >= 15 is 0 Å². The van der Waals surface area contributed by atoms with Gasteiger partial charge in [0, 0.05) is 13.0 Å². The first kappa shape index (κ1) is 11.4. The van der Waals surface area contributed by atoms with Crippen LogP contribution in [0.1, 0.15) is 46.0 Å². The zero-order valence-electron chi connectivity index (χ0n) is 9.27. The summed E-state index contributed by atoms with van der Waals surface area (Å²) in [5.41, 5.74) is 0.561. The topological polar surface area (TPSA) is 26.3 Å². The maximum Gasteiger partial charge on any atom is 0.164 e. The van der Waals surface area contributed by atoms with E-state index in [1.807, 2.05) is 13.8 Å². The van der Waals surface area contributed by atoms with Crippen LogP contribution in [0.2, 0.25) is 0 Å². The van der Waals surface area contributed by atoms with Crippen LogP contribution in [0, 0.1) is 0 Å². The van der Waals surface area contributed by atoms with Gasteiger partial charge in [-0.1, -0.05) is 5.57 Å². The normalized spacial score (nSPS) is 27.3. The van der Waals surface area contributed by atoms with Crippen LogP contribution in [-0.4, -0.2) is 18.0 Å². The number of carbonyl (C=O) groups excluding carboxylic acids is 1. The highest BCUT2D eigenvalue weighted by atomic mass is 16.5. The average molecular weight is 196 g/mol. The Morgan fingerprint density at radius 3 is 2.64 bits per heavy atom. The van der Waals surface area contributed by atoms with Crippen molar-refractivity contribution in [2.75, 3.05) is 6.61 Å². The van der Waals surface area contributed by atoms with E-state index in [0.717, 1.165) is 37.9 Å². The molecule has 0 aliphatic carbocycles. The summed E-state index contributed by atoms with van der Waals surface area (Å²) in [5, 5.41) is 0. The fraction of sp³-hybridized carbons (Fsp3) is 0.750. The first-order valence-electron chi connectivity index (χ1n) is 5.36. The molecule has 0 spiro atoms. The molecule has 0 aromatic rings. The maximum absolute atomic E-state index is 11.9. The number of ether oxygens (including phenoxy) is 1. The van der Waals surface area contributed by atoms with E-state index in [1.165, 1.54) is 0 Å². The van der Waals surface area contributed by atoms with E-state index in [9.17, 15) is 4.79 Å². The Kier molecular flexibility index (Phi) is 3.87. The molecule has 80 valence electrons. The van der Waals surface area contributed by atoms with Crippen LogP contribution >= 0.6 is 0 Å². The van der Waals surface area contributed by atoms with Crippen molar-refractivity contribution in [2.24, 2.45) is 0 Å². The molecule has 0 amide bonds. The predicted octanol–water partition coefficient (Wildman–Crippen LogP) is 2.87. The molecular weight excluding hydrogens is 176 g/mol. The lowest BCUT2D eigenvalue weighted by atomic mass is 9.88. The number of rotatable bonds is 4. The molecule has 1 unspecified atom stereocenters. The van der Waals surface area contributed by atoms with E-state index in [-0.39, 0.29) is 5.78 Å². The van der Waals surface area contributed by atoms with Gasteiger partial charge in [-0.2, -0.15) is 0 Å². The van der Waals surface area contributed by atoms with Crippen molar-refractivity contribution >= 4 is 5.78 Å². The molecule has 1 atom stereocenters. The van der Waals surface area contributed by atoms with Crippen molar-refractivity contribution in [1.82, 2.24) is 0 Å². The highest BCUT2D eigenvalue weighted by Gasteiger charge is 2.34. The predicted molar refractivity (Wildman–Crippen MR) is 57.3 cm³/mol. The molecule has 1 aliphatic rings. The van der Waals surface area contributed by atoms with Crippen molar-refractivity contribution in [3.05, 3.63) is 12.2 Å². The number of carbonyl (C=O) groups is 1. The van der Waals surface area contributed by atoms with Gasteiger partial charge < -0.3 is 4.74 Å². The SMILES string of the molecule is C=C(C)CCC(=O)C1(C)CCCCO1. The fourth-order valence-corrected chi connectivity index (χ4v) is 1.75. The van der Waals surface area contributed by atoms with E-state index in [2.05, 4.69) is 6.58 Å². The van der Waals surface area contributed by atoms with Crippen LogP contribution in [0.25, 0.3) is 0 Å². The molecular formula is C12H20O2. The van der Waals surface area contributed by atoms with Gasteiger partial charge >= 0.3 is 0 Å². The zero-order valence-corrected chi connectivity index (χ0v) is 9.27. The Balaban J connectivity index is 2.45. The molecule has 1 fully saturated rings. The molecule has 1 saturated heterocycles. The second kappa shape index (κ2) is 4.74. The van der Waals surface area contributed by atoms with Gasteiger partial charge in [-0.25, -0.2) is 0 Å². The van der Waals surface area contributed by atoms with E-state index < -0.39 is 5.60 Å². The largest absolute Gasteiger partial charge is 0.368 e. The molecule has 0 radical (unpaired) electrons. The molecule has 0 aromatic carbocycles. The van der Waals surface area contributed by atoms with Gasteiger partial charge in [0.05, 0.1) is 0 Å². The Labute approximate surface area is 86.3 Å². The standard InChI is InChI=1S/C12H20O2/c1-10(2)6-7-11(13)12(3)8-4-5-9-14-12/h1,4-9H2,2-3H3. The van der Waals surface area contributed by atoms with Crippen molar-refractivity contribution < 1.29 is 9.53 Å². The van der Waals surface area contributed by atoms with Crippen LogP contribution in [-0.2, 0) is 9.53 Å². The molecule has 0 saturated carbocycles. The zero-order chi connectivity index (χ0) is 10.6. The molecule has 0 bridgehead atoms. The lowest BCUT2D eigenvalue weighted by Crippen LogP contribution is -2.41. The van der Waals surface area contributed by atoms with Gasteiger partial charge in [0.2, 0.25) is 0 Å². The van der Waals surface area contributed by atoms with Crippen LogP contribution < -0.4 is 0 Å². The van der Waals surface area contributed by atoms with Crippen LogP contribution in [0.4, 0.5) is 0 Å². The summed E-state index contributed by atoms with van der Waals surface area (Å²) in [5.74, 6) is 0.236. The summed E-state index contributed by atoms with van der Waals surface area (Å²) in [4.78, 5) is 11.9. The summed E-state index contributed by atoms with van der Waals surface area (Å²) in [6.45, 7) is 8.41. The van der Waals surface area contributed by atoms with E-state index in [1.54, 1.807) is 0 Å². The lowest BCUT2D eigenvalue weighted by molar-refractivity contribution is -0.148. The molecule has 0 N–H and O–H groups in total. The summed E-state index contributed by atoms with van der Waals surface area (Å²) in [7, 11) is 0. The third-order valence-corrected chi connectivity index (χ3v) is 2.84. The van der Waals surface area contributed by atoms with Crippen molar-refractivity contribution in [1.29, 1.82) is 0 Å². The highest BCUT2D eigenvalue weighted by Crippen LogP contribution is 2.27. The van der Waals surface area contributed by atoms with E-state index in [4.69, 9.17) is 4.74 Å². The number of Topliss-reactive ketones (excluding diaryl/α,β-unsaturated/α-hetero) is 1. The van der Waals surface area contributed by atoms with Gasteiger partial charge in [-0.15, -0.1) is 6.58 Å². The maximum atomic E-state index is 11.9. The minimum absolute atomic E-state index is 0.236. The summed E-state index contributed by atoms with van der Waals surface area (Å²) in [6, 6.07) is 0. The summed E-state index contributed by atoms with van der Waals surface area (Å²) < 4.78 is 5.58. The third kappa shape index (κ3) is 2.95. The third-order valence-electron chi connectivity index (χ3n) is 2.84. The van der Waals surface area contributed by atoms with Crippen molar-refractivity contribution in [3.8, 4) is 0 Å². The number of ketones is 1. The van der Waals surface area contributed by atoms with Crippen LogP contribution in [0.3, 0.4) is 0 Å². The minimum Gasteiger partial charge on any atom is -0.368 e. The Morgan fingerprint density at radius 2 is 2.14 bits per heavy atom. The minimum atomic E-state index is -0.506. The first-order chi connectivity index (χ1) is 6.54. The van der Waals surface area contributed by atoms with E-state index in [0.29, 0.717) is 6.42 Å². The number of hydrogen-bond donors (Lipinski definition) is 0. The average Bonchev–Trinajstić information content (AvgIpc) is 2.15. The van der Waals surface area contributed by atoms with Crippen LogP contribution in [0.5, 0.6) is 0 Å².